The zero-order valence-electron chi connectivity index (χ0n) is 13.7. The summed E-state index contributed by atoms with van der Waals surface area (Å²) in [5.74, 6) is -0.404. The molecule has 0 bridgehead atoms. The Morgan fingerprint density at radius 3 is 2.84 bits per heavy atom. The maximum Gasteiger partial charge on any atom is 0.256 e. The van der Waals surface area contributed by atoms with Gasteiger partial charge in [-0.3, -0.25) is 9.59 Å². The second-order valence-corrected chi connectivity index (χ2v) is 6.40. The summed E-state index contributed by atoms with van der Waals surface area (Å²) in [6, 6.07) is 11.3. The van der Waals surface area contributed by atoms with Gasteiger partial charge in [0.05, 0.1) is 18.1 Å². The van der Waals surface area contributed by atoms with Crippen molar-refractivity contribution < 1.29 is 18.7 Å². The third-order valence-electron chi connectivity index (χ3n) is 5.09. The van der Waals surface area contributed by atoms with Gasteiger partial charge in [-0.2, -0.15) is 0 Å². The van der Waals surface area contributed by atoms with E-state index in [1.54, 1.807) is 30.2 Å². The van der Waals surface area contributed by atoms with Gasteiger partial charge in [-0.25, -0.2) is 4.39 Å². The van der Waals surface area contributed by atoms with Gasteiger partial charge in [0.2, 0.25) is 5.91 Å². The van der Waals surface area contributed by atoms with Gasteiger partial charge < -0.3 is 15.0 Å². The zero-order chi connectivity index (χ0) is 17.6. The van der Waals surface area contributed by atoms with E-state index in [0.29, 0.717) is 18.7 Å². The molecule has 1 saturated heterocycles. The highest BCUT2D eigenvalue weighted by Gasteiger charge is 2.52. The van der Waals surface area contributed by atoms with Crippen LogP contribution in [0, 0.1) is 5.82 Å². The zero-order valence-corrected chi connectivity index (χ0v) is 13.7. The van der Waals surface area contributed by atoms with Crippen molar-refractivity contribution in [2.24, 2.45) is 0 Å². The second-order valence-electron chi connectivity index (χ2n) is 6.40. The van der Waals surface area contributed by atoms with Crippen molar-refractivity contribution in [3.05, 3.63) is 59.4 Å². The van der Waals surface area contributed by atoms with Gasteiger partial charge in [0.15, 0.2) is 0 Å². The van der Waals surface area contributed by atoms with Crippen LogP contribution in [0.3, 0.4) is 0 Å². The molecular formula is C19H17FN2O3. The average Bonchev–Trinajstić information content (AvgIpc) is 3.18. The maximum atomic E-state index is 13.9. The number of likely N-dealkylation sites (tertiary alicyclic amines) is 1. The number of carbonyl (C=O) groups excluding carboxylic acids is 2. The predicted octanol–water partition coefficient (Wildman–Crippen LogP) is 2.57. The number of nitrogens with zero attached hydrogens (tertiary/aromatic N) is 1. The topological polar surface area (TPSA) is 58.6 Å². The van der Waals surface area contributed by atoms with E-state index in [1.807, 2.05) is 12.1 Å². The first-order chi connectivity index (χ1) is 12.0. The molecule has 1 unspecified atom stereocenters. The van der Waals surface area contributed by atoms with Gasteiger partial charge in [-0.15, -0.1) is 0 Å². The Morgan fingerprint density at radius 1 is 1.28 bits per heavy atom. The molecule has 2 aliphatic rings. The number of rotatable bonds is 2. The summed E-state index contributed by atoms with van der Waals surface area (Å²) in [5, 5.41) is 2.89. The number of methoxy groups -OCH3 is 1. The highest BCUT2D eigenvalue weighted by atomic mass is 19.1. The van der Waals surface area contributed by atoms with Crippen LogP contribution in [-0.2, 0) is 10.2 Å². The van der Waals surface area contributed by atoms with Gasteiger partial charge in [0.1, 0.15) is 11.6 Å². The van der Waals surface area contributed by atoms with E-state index in [9.17, 15) is 14.0 Å². The van der Waals surface area contributed by atoms with Crippen molar-refractivity contribution in [2.45, 2.75) is 11.8 Å². The molecule has 5 nitrogen and oxygen atoms in total. The van der Waals surface area contributed by atoms with E-state index >= 15 is 0 Å². The number of hydrogen-bond acceptors (Lipinski definition) is 3. The summed E-state index contributed by atoms with van der Waals surface area (Å²) in [6.07, 6.45) is 0.499. The SMILES string of the molecule is COc1ccc2c(c1)C1(CCN(C(=O)c3ccccc3F)C1)C(=O)N2. The van der Waals surface area contributed by atoms with Crippen molar-refractivity contribution in [3.63, 3.8) is 0 Å². The highest BCUT2D eigenvalue weighted by molar-refractivity contribution is 6.07. The van der Waals surface area contributed by atoms with Gasteiger partial charge >= 0.3 is 0 Å². The lowest BCUT2D eigenvalue weighted by Gasteiger charge is -2.23. The number of anilines is 1. The number of carbonyl (C=O) groups is 2. The fourth-order valence-electron chi connectivity index (χ4n) is 3.71. The molecular weight excluding hydrogens is 323 g/mol. The van der Waals surface area contributed by atoms with Crippen molar-refractivity contribution in [2.75, 3.05) is 25.5 Å². The Labute approximate surface area is 144 Å². The van der Waals surface area contributed by atoms with Crippen molar-refractivity contribution >= 4 is 17.5 Å². The molecule has 1 spiro atoms. The van der Waals surface area contributed by atoms with Gasteiger partial charge in [0, 0.05) is 18.8 Å². The molecule has 1 fully saturated rings. The van der Waals surface area contributed by atoms with E-state index in [2.05, 4.69) is 5.32 Å². The van der Waals surface area contributed by atoms with Crippen molar-refractivity contribution in [1.82, 2.24) is 4.90 Å². The molecule has 2 heterocycles. The minimum atomic E-state index is -0.801. The summed E-state index contributed by atoms with van der Waals surface area (Å²) < 4.78 is 19.2. The van der Waals surface area contributed by atoms with E-state index in [1.165, 1.54) is 12.1 Å². The molecule has 0 aliphatic carbocycles. The normalized spacial score (nSPS) is 21.4. The van der Waals surface area contributed by atoms with Crippen molar-refractivity contribution in [3.8, 4) is 5.75 Å². The Kier molecular flexibility index (Phi) is 3.49. The maximum absolute atomic E-state index is 13.9. The largest absolute Gasteiger partial charge is 0.497 e. The van der Waals surface area contributed by atoms with Crippen LogP contribution in [0.1, 0.15) is 22.3 Å². The standard InChI is InChI=1S/C19H17FN2O3/c1-25-12-6-7-16-14(10-12)19(18(24)21-16)8-9-22(11-19)17(23)13-4-2-3-5-15(13)20/h2-7,10H,8-9,11H2,1H3,(H,21,24). The Hall–Kier alpha value is -2.89. The number of ether oxygens (including phenoxy) is 1. The first kappa shape index (κ1) is 15.6. The van der Waals surface area contributed by atoms with E-state index in [-0.39, 0.29) is 23.9 Å². The van der Waals surface area contributed by atoms with Crippen LogP contribution in [0.4, 0.5) is 10.1 Å². The van der Waals surface area contributed by atoms with E-state index in [4.69, 9.17) is 4.74 Å². The molecule has 1 atom stereocenters. The van der Waals surface area contributed by atoms with Gasteiger partial charge in [-0.05, 0) is 42.3 Å². The van der Waals surface area contributed by atoms with Crippen molar-refractivity contribution in [1.29, 1.82) is 0 Å². The van der Waals surface area contributed by atoms with Crippen LogP contribution in [-0.4, -0.2) is 36.9 Å². The van der Waals surface area contributed by atoms with E-state index < -0.39 is 11.2 Å². The Morgan fingerprint density at radius 2 is 2.08 bits per heavy atom. The molecule has 2 amide bonds. The lowest BCUT2D eigenvalue weighted by molar-refractivity contribution is -0.120. The minimum absolute atomic E-state index is 0.0313. The number of benzene rings is 2. The number of amides is 2. The van der Waals surface area contributed by atoms with Crippen LogP contribution in [0.5, 0.6) is 5.75 Å². The fraction of sp³-hybridized carbons (Fsp3) is 0.263. The summed E-state index contributed by atoms with van der Waals surface area (Å²) in [6.45, 7) is 0.628. The summed E-state index contributed by atoms with van der Waals surface area (Å²) in [5.41, 5.74) is 0.806. The van der Waals surface area contributed by atoms with Crippen LogP contribution in [0.15, 0.2) is 42.5 Å². The Balaban J connectivity index is 1.68. The van der Waals surface area contributed by atoms with Crippen LogP contribution < -0.4 is 10.1 Å². The molecule has 0 aromatic heterocycles. The monoisotopic (exact) mass is 340 g/mol. The highest BCUT2D eigenvalue weighted by Crippen LogP contribution is 2.45. The number of fused-ring (bicyclic) bond motifs is 2. The average molecular weight is 340 g/mol. The predicted molar refractivity (Wildman–Crippen MR) is 90.2 cm³/mol. The summed E-state index contributed by atoms with van der Waals surface area (Å²) >= 11 is 0. The van der Waals surface area contributed by atoms with Gasteiger partial charge in [-0.1, -0.05) is 12.1 Å². The molecule has 25 heavy (non-hydrogen) atoms. The molecule has 2 aliphatic heterocycles. The van der Waals surface area contributed by atoms with E-state index in [0.717, 1.165) is 11.3 Å². The molecule has 4 rings (SSSR count). The van der Waals surface area contributed by atoms with Crippen LogP contribution in [0.2, 0.25) is 0 Å². The first-order valence-electron chi connectivity index (χ1n) is 8.09. The third-order valence-corrected chi connectivity index (χ3v) is 5.09. The Bertz CT molecular complexity index is 883. The summed E-state index contributed by atoms with van der Waals surface area (Å²) in [7, 11) is 1.57. The van der Waals surface area contributed by atoms with Gasteiger partial charge in [0.25, 0.3) is 5.91 Å². The van der Waals surface area contributed by atoms with Crippen LogP contribution >= 0.6 is 0 Å². The minimum Gasteiger partial charge on any atom is -0.497 e. The lowest BCUT2D eigenvalue weighted by Crippen LogP contribution is -2.39. The molecule has 0 saturated carbocycles. The lowest BCUT2D eigenvalue weighted by atomic mass is 9.81. The third kappa shape index (κ3) is 2.28. The number of halogens is 1. The summed E-state index contributed by atoms with van der Waals surface area (Å²) in [4.78, 5) is 26.9. The molecule has 0 radical (unpaired) electrons. The fourth-order valence-corrected chi connectivity index (χ4v) is 3.71. The molecule has 1 N–H and O–H groups in total. The quantitative estimate of drug-likeness (QED) is 0.914. The smallest absolute Gasteiger partial charge is 0.256 e. The molecule has 128 valence electrons. The molecule has 2 aromatic rings. The number of nitrogens with one attached hydrogen (secondary N) is 1. The molecule has 2 aromatic carbocycles. The first-order valence-corrected chi connectivity index (χ1v) is 8.09. The second kappa shape index (κ2) is 5.58. The van der Waals surface area contributed by atoms with Crippen LogP contribution in [0.25, 0.3) is 0 Å². The molecule has 6 heteroatoms. The number of hydrogen-bond donors (Lipinski definition) is 1.